The summed E-state index contributed by atoms with van der Waals surface area (Å²) in [7, 11) is 1.83. The smallest absolute Gasteiger partial charge is 0.231 e. The highest BCUT2D eigenvalue weighted by atomic mass is 16.2. The molecular weight excluding hydrogens is 244 g/mol. The van der Waals surface area contributed by atoms with Crippen molar-refractivity contribution in [2.24, 2.45) is 7.05 Å². The summed E-state index contributed by atoms with van der Waals surface area (Å²) in [6.45, 7) is 6.30. The van der Waals surface area contributed by atoms with Crippen LogP contribution in [0.3, 0.4) is 0 Å². The van der Waals surface area contributed by atoms with E-state index in [0.29, 0.717) is 13.1 Å². The SMILES string of the molecule is CC(=O)N1Cc2cn(C)nc2[C@@H](C(=O)NC(C)C)C1. The van der Waals surface area contributed by atoms with Crippen molar-refractivity contribution in [3.05, 3.63) is 17.5 Å². The topological polar surface area (TPSA) is 67.2 Å². The Kier molecular flexibility index (Phi) is 3.59. The lowest BCUT2D eigenvalue weighted by Gasteiger charge is -2.30. The fourth-order valence-electron chi connectivity index (χ4n) is 2.38. The minimum atomic E-state index is -0.378. The van der Waals surface area contributed by atoms with Gasteiger partial charge in [0, 0.05) is 44.9 Å². The highest BCUT2D eigenvalue weighted by Crippen LogP contribution is 2.27. The van der Waals surface area contributed by atoms with Gasteiger partial charge in [0.05, 0.1) is 11.6 Å². The molecule has 0 bridgehead atoms. The molecule has 104 valence electrons. The van der Waals surface area contributed by atoms with Crippen molar-refractivity contribution in [3.8, 4) is 0 Å². The molecule has 0 saturated heterocycles. The molecule has 0 spiro atoms. The van der Waals surface area contributed by atoms with Crippen LogP contribution in [-0.2, 0) is 23.2 Å². The quantitative estimate of drug-likeness (QED) is 0.840. The molecule has 0 fully saturated rings. The molecular formula is C13H20N4O2. The second-order valence-corrected chi connectivity index (χ2v) is 5.33. The Hall–Kier alpha value is -1.85. The Morgan fingerprint density at radius 2 is 2.16 bits per heavy atom. The van der Waals surface area contributed by atoms with Gasteiger partial charge in [-0.2, -0.15) is 5.10 Å². The van der Waals surface area contributed by atoms with Gasteiger partial charge in [0.25, 0.3) is 0 Å². The summed E-state index contributed by atoms with van der Waals surface area (Å²) in [6.07, 6.45) is 1.88. The molecule has 0 saturated carbocycles. The Labute approximate surface area is 112 Å². The lowest BCUT2D eigenvalue weighted by Crippen LogP contribution is -2.44. The number of nitrogens with one attached hydrogen (secondary N) is 1. The summed E-state index contributed by atoms with van der Waals surface area (Å²) in [5.41, 5.74) is 1.74. The summed E-state index contributed by atoms with van der Waals surface area (Å²) in [6, 6.07) is 0.0763. The van der Waals surface area contributed by atoms with E-state index in [1.54, 1.807) is 9.58 Å². The maximum atomic E-state index is 12.3. The van der Waals surface area contributed by atoms with Gasteiger partial charge >= 0.3 is 0 Å². The number of rotatable bonds is 2. The predicted octanol–water partition coefficient (Wildman–Crippen LogP) is 0.390. The monoisotopic (exact) mass is 264 g/mol. The third-order valence-electron chi connectivity index (χ3n) is 3.22. The summed E-state index contributed by atoms with van der Waals surface area (Å²) in [5.74, 6) is -0.464. The van der Waals surface area contributed by atoms with Gasteiger partial charge in [0.1, 0.15) is 0 Å². The van der Waals surface area contributed by atoms with Gasteiger partial charge in [-0.15, -0.1) is 0 Å². The molecule has 0 unspecified atom stereocenters. The first-order chi connectivity index (χ1) is 8.88. The van der Waals surface area contributed by atoms with E-state index in [4.69, 9.17) is 0 Å². The van der Waals surface area contributed by atoms with E-state index in [0.717, 1.165) is 11.3 Å². The van der Waals surface area contributed by atoms with Gasteiger partial charge < -0.3 is 10.2 Å². The summed E-state index contributed by atoms with van der Waals surface area (Å²) < 4.78 is 1.70. The molecule has 1 aromatic heterocycles. The van der Waals surface area contributed by atoms with E-state index in [1.807, 2.05) is 27.1 Å². The summed E-state index contributed by atoms with van der Waals surface area (Å²) in [4.78, 5) is 25.5. The van der Waals surface area contributed by atoms with E-state index in [9.17, 15) is 9.59 Å². The Bertz CT molecular complexity index is 507. The third-order valence-corrected chi connectivity index (χ3v) is 3.22. The molecule has 2 heterocycles. The van der Waals surface area contributed by atoms with Gasteiger partial charge in [-0.05, 0) is 13.8 Å². The first-order valence-electron chi connectivity index (χ1n) is 6.46. The molecule has 6 nitrogen and oxygen atoms in total. The first kappa shape index (κ1) is 13.6. The van der Waals surface area contributed by atoms with Crippen LogP contribution in [0.25, 0.3) is 0 Å². The summed E-state index contributed by atoms with van der Waals surface area (Å²) in [5, 5.41) is 7.27. The number of aromatic nitrogens is 2. The minimum absolute atomic E-state index is 0.0168. The van der Waals surface area contributed by atoms with Crippen LogP contribution >= 0.6 is 0 Å². The highest BCUT2D eigenvalue weighted by Gasteiger charge is 2.34. The van der Waals surface area contributed by atoms with Crippen molar-refractivity contribution in [2.45, 2.75) is 39.3 Å². The van der Waals surface area contributed by atoms with Crippen LogP contribution in [0.2, 0.25) is 0 Å². The second-order valence-electron chi connectivity index (χ2n) is 5.33. The largest absolute Gasteiger partial charge is 0.353 e. The standard InChI is InChI=1S/C13H20N4O2/c1-8(2)14-13(19)11-7-17(9(3)18)6-10-5-16(4)15-12(10)11/h5,8,11H,6-7H2,1-4H3,(H,14,19)/t11-/m0/s1. The van der Waals surface area contributed by atoms with Crippen LogP contribution in [0.15, 0.2) is 6.20 Å². The number of hydrogen-bond acceptors (Lipinski definition) is 3. The number of fused-ring (bicyclic) bond motifs is 1. The molecule has 1 atom stereocenters. The van der Waals surface area contributed by atoms with Crippen LogP contribution in [0.5, 0.6) is 0 Å². The summed E-state index contributed by atoms with van der Waals surface area (Å²) >= 11 is 0. The predicted molar refractivity (Wildman–Crippen MR) is 70.3 cm³/mol. The fourth-order valence-corrected chi connectivity index (χ4v) is 2.38. The van der Waals surface area contributed by atoms with Crippen LogP contribution in [0.1, 0.15) is 37.9 Å². The minimum Gasteiger partial charge on any atom is -0.353 e. The van der Waals surface area contributed by atoms with E-state index in [-0.39, 0.29) is 23.8 Å². The molecule has 1 aromatic rings. The van der Waals surface area contributed by atoms with E-state index in [2.05, 4.69) is 10.4 Å². The zero-order chi connectivity index (χ0) is 14.2. The van der Waals surface area contributed by atoms with Crippen LogP contribution in [0.4, 0.5) is 0 Å². The van der Waals surface area contributed by atoms with Gasteiger partial charge in [0.15, 0.2) is 0 Å². The maximum Gasteiger partial charge on any atom is 0.231 e. The number of carbonyl (C=O) groups is 2. The van der Waals surface area contributed by atoms with Crippen molar-refractivity contribution in [3.63, 3.8) is 0 Å². The molecule has 1 aliphatic rings. The van der Waals surface area contributed by atoms with Crippen molar-refractivity contribution < 1.29 is 9.59 Å². The lowest BCUT2D eigenvalue weighted by molar-refractivity contribution is -0.131. The number of nitrogens with zero attached hydrogens (tertiary/aromatic N) is 3. The molecule has 2 amide bonds. The molecule has 19 heavy (non-hydrogen) atoms. The number of carbonyl (C=O) groups excluding carboxylic acids is 2. The molecule has 1 aliphatic heterocycles. The molecule has 6 heteroatoms. The third kappa shape index (κ3) is 2.77. The zero-order valence-electron chi connectivity index (χ0n) is 11.8. The van der Waals surface area contributed by atoms with Gasteiger partial charge in [-0.1, -0.05) is 0 Å². The van der Waals surface area contributed by atoms with E-state index >= 15 is 0 Å². The maximum absolute atomic E-state index is 12.3. The molecule has 0 aliphatic carbocycles. The molecule has 1 N–H and O–H groups in total. The second kappa shape index (κ2) is 5.03. The van der Waals surface area contributed by atoms with Gasteiger partial charge in [-0.3, -0.25) is 14.3 Å². The zero-order valence-corrected chi connectivity index (χ0v) is 11.8. The average molecular weight is 264 g/mol. The first-order valence-corrected chi connectivity index (χ1v) is 6.46. The number of hydrogen-bond donors (Lipinski definition) is 1. The molecule has 0 aromatic carbocycles. The van der Waals surface area contributed by atoms with Crippen LogP contribution in [0, 0.1) is 0 Å². The molecule has 0 radical (unpaired) electrons. The van der Waals surface area contributed by atoms with Crippen LogP contribution in [-0.4, -0.2) is 39.1 Å². The fraction of sp³-hybridized carbons (Fsp3) is 0.615. The van der Waals surface area contributed by atoms with Crippen molar-refractivity contribution >= 4 is 11.8 Å². The highest BCUT2D eigenvalue weighted by molar-refractivity contribution is 5.85. The molecule has 2 rings (SSSR count). The van der Waals surface area contributed by atoms with Gasteiger partial charge in [-0.25, -0.2) is 0 Å². The van der Waals surface area contributed by atoms with Gasteiger partial charge in [0.2, 0.25) is 11.8 Å². The van der Waals surface area contributed by atoms with Crippen molar-refractivity contribution in [2.75, 3.05) is 6.54 Å². The van der Waals surface area contributed by atoms with Crippen molar-refractivity contribution in [1.82, 2.24) is 20.0 Å². The van der Waals surface area contributed by atoms with E-state index < -0.39 is 0 Å². The Balaban J connectivity index is 2.30. The Morgan fingerprint density at radius 1 is 1.47 bits per heavy atom. The lowest BCUT2D eigenvalue weighted by atomic mass is 9.95. The van der Waals surface area contributed by atoms with Crippen molar-refractivity contribution in [1.29, 1.82) is 0 Å². The van der Waals surface area contributed by atoms with Crippen LogP contribution < -0.4 is 5.32 Å². The Morgan fingerprint density at radius 3 is 2.74 bits per heavy atom. The van der Waals surface area contributed by atoms with E-state index in [1.165, 1.54) is 6.92 Å². The average Bonchev–Trinajstić information content (AvgIpc) is 2.66. The number of amides is 2. The normalized spacial score (nSPS) is 18.4. The number of aryl methyl sites for hydroxylation is 1.